The molecule has 0 aliphatic heterocycles. The van der Waals surface area contributed by atoms with Crippen molar-refractivity contribution < 1.29 is 9.59 Å². The molecule has 0 saturated carbocycles. The number of nitrogens with one attached hydrogen (secondary N) is 2. The third-order valence-corrected chi connectivity index (χ3v) is 4.34. The van der Waals surface area contributed by atoms with E-state index in [0.29, 0.717) is 23.4 Å². The zero-order chi connectivity index (χ0) is 19.2. The predicted octanol–water partition coefficient (Wildman–Crippen LogP) is 4.49. The molecule has 0 aliphatic rings. The molecule has 4 heteroatoms. The van der Waals surface area contributed by atoms with E-state index in [1.54, 1.807) is 12.1 Å². The minimum atomic E-state index is -0.156. The van der Waals surface area contributed by atoms with Crippen LogP contribution in [-0.2, 0) is 6.54 Å². The van der Waals surface area contributed by atoms with E-state index in [9.17, 15) is 9.59 Å². The van der Waals surface area contributed by atoms with Crippen LogP contribution in [0.3, 0.4) is 0 Å². The number of hydrogen-bond acceptors (Lipinski definition) is 2. The Hall–Kier alpha value is -3.40. The number of carbonyl (C=O) groups excluding carboxylic acids is 2. The fourth-order valence-electron chi connectivity index (χ4n) is 2.77. The van der Waals surface area contributed by atoms with E-state index in [1.807, 2.05) is 74.5 Å². The van der Waals surface area contributed by atoms with E-state index in [0.717, 1.165) is 16.7 Å². The average Bonchev–Trinajstić information content (AvgIpc) is 2.67. The fraction of sp³-hybridized carbons (Fsp3) is 0.130. The van der Waals surface area contributed by atoms with Crippen LogP contribution >= 0.6 is 0 Å². The molecule has 3 rings (SSSR count). The second-order valence-electron chi connectivity index (χ2n) is 6.52. The van der Waals surface area contributed by atoms with Crippen LogP contribution < -0.4 is 10.6 Å². The van der Waals surface area contributed by atoms with E-state index < -0.39 is 0 Å². The minimum absolute atomic E-state index is 0.109. The van der Waals surface area contributed by atoms with Crippen molar-refractivity contribution in [2.24, 2.45) is 0 Å². The molecule has 27 heavy (non-hydrogen) atoms. The van der Waals surface area contributed by atoms with Gasteiger partial charge in [-0.1, -0.05) is 48.0 Å². The molecule has 136 valence electrons. The Morgan fingerprint density at radius 2 is 1.56 bits per heavy atom. The highest BCUT2D eigenvalue weighted by Gasteiger charge is 2.09. The zero-order valence-corrected chi connectivity index (χ0v) is 15.5. The summed E-state index contributed by atoms with van der Waals surface area (Å²) < 4.78 is 0. The highest BCUT2D eigenvalue weighted by Crippen LogP contribution is 2.14. The van der Waals surface area contributed by atoms with Crippen LogP contribution in [0.2, 0.25) is 0 Å². The summed E-state index contributed by atoms with van der Waals surface area (Å²) >= 11 is 0. The number of carbonyl (C=O) groups is 2. The smallest absolute Gasteiger partial charge is 0.255 e. The summed E-state index contributed by atoms with van der Waals surface area (Å²) in [5.74, 6) is -0.265. The van der Waals surface area contributed by atoms with Gasteiger partial charge in [-0.25, -0.2) is 0 Å². The molecular formula is C23H22N2O2. The van der Waals surface area contributed by atoms with Crippen LogP contribution in [0.15, 0.2) is 72.8 Å². The number of hydrogen-bond donors (Lipinski definition) is 2. The largest absolute Gasteiger partial charge is 0.348 e. The lowest BCUT2D eigenvalue weighted by atomic mass is 10.1. The maximum atomic E-state index is 12.3. The standard InChI is InChI=1S/C23H22N2O2/c1-16-10-12-19(13-11-16)22(26)25-20-8-5-7-18(14-20)15-24-23(27)21-9-4-3-6-17(21)2/h3-14H,15H2,1-2H3,(H,24,27)(H,25,26). The summed E-state index contributed by atoms with van der Waals surface area (Å²) in [5, 5.41) is 5.82. The molecule has 0 aromatic heterocycles. The zero-order valence-electron chi connectivity index (χ0n) is 15.5. The molecule has 0 saturated heterocycles. The van der Waals surface area contributed by atoms with Gasteiger partial charge >= 0.3 is 0 Å². The van der Waals surface area contributed by atoms with Crippen molar-refractivity contribution in [2.75, 3.05) is 5.32 Å². The van der Waals surface area contributed by atoms with Crippen LogP contribution in [0.1, 0.15) is 37.4 Å². The van der Waals surface area contributed by atoms with E-state index >= 15 is 0 Å². The van der Waals surface area contributed by atoms with Gasteiger partial charge < -0.3 is 10.6 Å². The van der Waals surface area contributed by atoms with Gasteiger partial charge in [0.05, 0.1) is 0 Å². The van der Waals surface area contributed by atoms with Crippen LogP contribution in [0, 0.1) is 13.8 Å². The second-order valence-corrected chi connectivity index (χ2v) is 6.52. The van der Waals surface area contributed by atoms with Crippen LogP contribution in [0.25, 0.3) is 0 Å². The number of anilines is 1. The monoisotopic (exact) mass is 358 g/mol. The van der Waals surface area contributed by atoms with Crippen molar-refractivity contribution in [2.45, 2.75) is 20.4 Å². The van der Waals surface area contributed by atoms with Crippen molar-refractivity contribution in [3.8, 4) is 0 Å². The predicted molar refractivity (Wildman–Crippen MR) is 108 cm³/mol. The normalized spacial score (nSPS) is 10.3. The molecule has 4 nitrogen and oxygen atoms in total. The molecular weight excluding hydrogens is 336 g/mol. The SMILES string of the molecule is Cc1ccc(C(=O)Nc2cccc(CNC(=O)c3ccccc3C)c2)cc1. The van der Waals surface area contributed by atoms with Gasteiger partial charge in [0.25, 0.3) is 11.8 Å². The van der Waals surface area contributed by atoms with Crippen molar-refractivity contribution >= 4 is 17.5 Å². The number of amides is 2. The second kappa shape index (κ2) is 8.32. The molecule has 0 fully saturated rings. The molecule has 2 amide bonds. The van der Waals surface area contributed by atoms with Crippen molar-refractivity contribution in [1.82, 2.24) is 5.32 Å². The first-order valence-electron chi connectivity index (χ1n) is 8.84. The quantitative estimate of drug-likeness (QED) is 0.706. The third-order valence-electron chi connectivity index (χ3n) is 4.34. The van der Waals surface area contributed by atoms with Crippen molar-refractivity contribution in [1.29, 1.82) is 0 Å². The Morgan fingerprint density at radius 3 is 2.30 bits per heavy atom. The first kappa shape index (κ1) is 18.4. The summed E-state index contributed by atoms with van der Waals surface area (Å²) in [6.07, 6.45) is 0. The van der Waals surface area contributed by atoms with Gasteiger partial charge in [0.1, 0.15) is 0 Å². The van der Waals surface area contributed by atoms with E-state index in [2.05, 4.69) is 10.6 Å². The van der Waals surface area contributed by atoms with Gasteiger partial charge in [-0.05, 0) is 55.3 Å². The highest BCUT2D eigenvalue weighted by molar-refractivity contribution is 6.04. The lowest BCUT2D eigenvalue weighted by Crippen LogP contribution is -2.23. The Bertz CT molecular complexity index is 962. The summed E-state index contributed by atoms with van der Waals surface area (Å²) in [6, 6.07) is 22.4. The van der Waals surface area contributed by atoms with Gasteiger partial charge in [0.15, 0.2) is 0 Å². The topological polar surface area (TPSA) is 58.2 Å². The molecule has 0 aliphatic carbocycles. The van der Waals surface area contributed by atoms with Crippen LogP contribution in [0.4, 0.5) is 5.69 Å². The Kier molecular flexibility index (Phi) is 5.67. The molecule has 0 radical (unpaired) electrons. The fourth-order valence-corrected chi connectivity index (χ4v) is 2.77. The first-order valence-corrected chi connectivity index (χ1v) is 8.84. The minimum Gasteiger partial charge on any atom is -0.348 e. The van der Waals surface area contributed by atoms with Gasteiger partial charge in [0.2, 0.25) is 0 Å². The van der Waals surface area contributed by atoms with Gasteiger partial charge in [0, 0.05) is 23.4 Å². The average molecular weight is 358 g/mol. The van der Waals surface area contributed by atoms with E-state index in [-0.39, 0.29) is 11.8 Å². The number of aryl methyl sites for hydroxylation is 2. The van der Waals surface area contributed by atoms with Gasteiger partial charge in [-0.15, -0.1) is 0 Å². The maximum absolute atomic E-state index is 12.3. The van der Waals surface area contributed by atoms with Crippen LogP contribution in [-0.4, -0.2) is 11.8 Å². The van der Waals surface area contributed by atoms with E-state index in [4.69, 9.17) is 0 Å². The molecule has 0 spiro atoms. The molecule has 2 N–H and O–H groups in total. The Morgan fingerprint density at radius 1 is 0.815 bits per heavy atom. The molecule has 3 aromatic rings. The number of rotatable bonds is 5. The summed E-state index contributed by atoms with van der Waals surface area (Å²) in [7, 11) is 0. The Labute approximate surface area is 159 Å². The number of benzene rings is 3. The molecule has 0 unspecified atom stereocenters. The van der Waals surface area contributed by atoms with E-state index in [1.165, 1.54) is 0 Å². The van der Waals surface area contributed by atoms with Crippen molar-refractivity contribution in [3.05, 3.63) is 101 Å². The summed E-state index contributed by atoms with van der Waals surface area (Å²) in [4.78, 5) is 24.7. The molecule has 3 aromatic carbocycles. The van der Waals surface area contributed by atoms with Crippen molar-refractivity contribution in [3.63, 3.8) is 0 Å². The first-order chi connectivity index (χ1) is 13.0. The van der Waals surface area contributed by atoms with Crippen LogP contribution in [0.5, 0.6) is 0 Å². The third kappa shape index (κ3) is 4.82. The summed E-state index contributed by atoms with van der Waals surface area (Å²) in [5.41, 5.74) is 4.94. The Balaban J connectivity index is 1.63. The highest BCUT2D eigenvalue weighted by atomic mass is 16.2. The molecule has 0 atom stereocenters. The summed E-state index contributed by atoms with van der Waals surface area (Å²) in [6.45, 7) is 4.29. The van der Waals surface area contributed by atoms with Gasteiger partial charge in [-0.2, -0.15) is 0 Å². The molecule has 0 bridgehead atoms. The lowest BCUT2D eigenvalue weighted by Gasteiger charge is -2.10. The van der Waals surface area contributed by atoms with Gasteiger partial charge in [-0.3, -0.25) is 9.59 Å². The lowest BCUT2D eigenvalue weighted by molar-refractivity contribution is 0.0949. The molecule has 0 heterocycles. The maximum Gasteiger partial charge on any atom is 0.255 e.